The minimum absolute atomic E-state index is 0.0504. The van der Waals surface area contributed by atoms with E-state index in [1.807, 2.05) is 19.2 Å². The van der Waals surface area contributed by atoms with E-state index in [4.69, 9.17) is 9.47 Å². The van der Waals surface area contributed by atoms with Crippen molar-refractivity contribution in [1.82, 2.24) is 4.90 Å². The zero-order valence-corrected chi connectivity index (χ0v) is 23.8. The molecule has 0 aromatic heterocycles. The van der Waals surface area contributed by atoms with Crippen LogP contribution < -0.4 is 0 Å². The molecule has 1 aliphatic rings. The molecule has 4 atom stereocenters. The van der Waals surface area contributed by atoms with E-state index >= 15 is 0 Å². The molecule has 4 nitrogen and oxygen atoms in total. The van der Waals surface area contributed by atoms with E-state index in [0.717, 1.165) is 68.2 Å². The summed E-state index contributed by atoms with van der Waals surface area (Å²) in [7, 11) is 4.10. The van der Waals surface area contributed by atoms with Gasteiger partial charge in [-0.3, -0.25) is 0 Å². The first kappa shape index (κ1) is 29.4. The molecule has 1 heterocycles. The van der Waals surface area contributed by atoms with Gasteiger partial charge in [0, 0.05) is 35.6 Å². The Labute approximate surface area is 225 Å². The molecule has 0 radical (unpaired) electrons. The zero-order chi connectivity index (χ0) is 26.8. The molecular weight excluding hydrogens is 458 g/mol. The van der Waals surface area contributed by atoms with Crippen LogP contribution in [0.25, 0.3) is 6.08 Å². The molecule has 37 heavy (non-hydrogen) atoms. The monoisotopic (exact) mass is 507 g/mol. The topological polar surface area (TPSA) is 41.9 Å². The molecule has 3 unspecified atom stereocenters. The van der Waals surface area contributed by atoms with E-state index < -0.39 is 0 Å². The molecule has 2 aromatic carbocycles. The van der Waals surface area contributed by atoms with Crippen LogP contribution in [0.15, 0.2) is 49.0 Å². The highest BCUT2D eigenvalue weighted by molar-refractivity contribution is 5.61. The summed E-state index contributed by atoms with van der Waals surface area (Å²) in [5.74, 6) is 0.680. The Bertz CT molecular complexity index is 975. The number of nitrogens with zero attached hydrogens (tertiary/aromatic N) is 1. The second-order valence-electron chi connectivity index (χ2n) is 11.2. The predicted octanol–water partition coefficient (Wildman–Crippen LogP) is 7.51. The van der Waals surface area contributed by atoms with Crippen molar-refractivity contribution in [2.45, 2.75) is 89.9 Å². The van der Waals surface area contributed by atoms with E-state index in [2.05, 4.69) is 69.6 Å². The van der Waals surface area contributed by atoms with Crippen LogP contribution in [0.2, 0.25) is 0 Å². The number of methoxy groups -OCH3 is 1. The highest BCUT2D eigenvalue weighted by atomic mass is 16.5. The maximum absolute atomic E-state index is 11.5. The lowest BCUT2D eigenvalue weighted by molar-refractivity contribution is -0.0302. The number of aryl methyl sites for hydroxylation is 1. The average molecular weight is 508 g/mol. The lowest BCUT2D eigenvalue weighted by Gasteiger charge is -2.43. The van der Waals surface area contributed by atoms with Crippen molar-refractivity contribution in [3.8, 4) is 5.75 Å². The highest BCUT2D eigenvalue weighted by Crippen LogP contribution is 2.47. The van der Waals surface area contributed by atoms with Crippen LogP contribution in [-0.2, 0) is 21.5 Å². The number of ether oxygens (including phenoxy) is 2. The molecule has 1 fully saturated rings. The van der Waals surface area contributed by atoms with Crippen LogP contribution in [0.5, 0.6) is 5.75 Å². The molecular formula is C33H49NO3. The van der Waals surface area contributed by atoms with Crippen LogP contribution in [0.1, 0.15) is 81.0 Å². The van der Waals surface area contributed by atoms with Gasteiger partial charge in [0.15, 0.2) is 0 Å². The summed E-state index contributed by atoms with van der Waals surface area (Å²) < 4.78 is 12.6. The van der Waals surface area contributed by atoms with Gasteiger partial charge in [-0.25, -0.2) is 0 Å². The minimum Gasteiger partial charge on any atom is -0.507 e. The Morgan fingerprint density at radius 2 is 1.92 bits per heavy atom. The van der Waals surface area contributed by atoms with E-state index in [0.29, 0.717) is 25.0 Å². The number of phenols is 1. The van der Waals surface area contributed by atoms with Crippen molar-refractivity contribution in [2.75, 3.05) is 27.3 Å². The second kappa shape index (κ2) is 14.1. The van der Waals surface area contributed by atoms with Crippen molar-refractivity contribution in [3.05, 3.63) is 71.3 Å². The molecule has 1 aliphatic heterocycles. The van der Waals surface area contributed by atoms with Gasteiger partial charge in [-0.15, -0.1) is 0 Å². The lowest BCUT2D eigenvalue weighted by atomic mass is 9.66. The predicted molar refractivity (Wildman–Crippen MR) is 155 cm³/mol. The fourth-order valence-electron chi connectivity index (χ4n) is 6.13. The third-order valence-corrected chi connectivity index (χ3v) is 8.69. The second-order valence-corrected chi connectivity index (χ2v) is 11.2. The van der Waals surface area contributed by atoms with Gasteiger partial charge in [-0.1, -0.05) is 74.9 Å². The molecule has 3 rings (SSSR count). The molecule has 0 aliphatic carbocycles. The fourth-order valence-corrected chi connectivity index (χ4v) is 6.13. The first-order valence-corrected chi connectivity index (χ1v) is 14.1. The van der Waals surface area contributed by atoms with Gasteiger partial charge in [0.05, 0.1) is 19.3 Å². The summed E-state index contributed by atoms with van der Waals surface area (Å²) in [6, 6.07) is 15.0. The van der Waals surface area contributed by atoms with E-state index in [1.165, 1.54) is 5.56 Å². The first-order chi connectivity index (χ1) is 17.8. The summed E-state index contributed by atoms with van der Waals surface area (Å²) >= 11 is 0. The summed E-state index contributed by atoms with van der Waals surface area (Å²) in [5, 5.41) is 11.5. The summed E-state index contributed by atoms with van der Waals surface area (Å²) in [4.78, 5) is 2.50. The number of hydrogen-bond acceptors (Lipinski definition) is 4. The number of phenolic OH excluding ortho intramolecular Hbond substituents is 1. The Hall–Kier alpha value is -2.14. The fraction of sp³-hybridized carbons (Fsp3) is 0.576. The largest absolute Gasteiger partial charge is 0.507 e. The van der Waals surface area contributed by atoms with Crippen molar-refractivity contribution < 1.29 is 14.6 Å². The first-order valence-electron chi connectivity index (χ1n) is 14.1. The number of rotatable bonds is 10. The van der Waals surface area contributed by atoms with Crippen LogP contribution >= 0.6 is 0 Å². The van der Waals surface area contributed by atoms with Gasteiger partial charge in [-0.05, 0) is 70.7 Å². The molecule has 0 spiro atoms. The smallest absolute Gasteiger partial charge is 0.126 e. The van der Waals surface area contributed by atoms with Gasteiger partial charge in [0.2, 0.25) is 0 Å². The van der Waals surface area contributed by atoms with Crippen LogP contribution in [0.3, 0.4) is 0 Å². The van der Waals surface area contributed by atoms with Crippen LogP contribution in [-0.4, -0.2) is 49.5 Å². The third kappa shape index (κ3) is 7.46. The Morgan fingerprint density at radius 3 is 2.59 bits per heavy atom. The zero-order valence-electron chi connectivity index (χ0n) is 23.8. The molecule has 2 aromatic rings. The third-order valence-electron chi connectivity index (χ3n) is 8.69. The standard InChI is InChI=1S/C33H49NO3/c1-7-9-19-33(31-25(3)15-17-28(8-2)32(31)35)20-21-34(5)26(4)16-18-29(30(22-33)36-6)24-37-23-27-13-11-10-12-14-27/h8,10-15,17,26,29-30,35H,2,7,9,16,18-24H2,1,3-6H3/t26?,29-,30?,33?/m1/s1. The van der Waals surface area contributed by atoms with Crippen molar-refractivity contribution in [1.29, 1.82) is 0 Å². The van der Waals surface area contributed by atoms with Gasteiger partial charge < -0.3 is 19.5 Å². The average Bonchev–Trinajstić information content (AvgIpc) is 2.91. The SMILES string of the molecule is C=Cc1ccc(C)c(C2(CCCC)CCN(C)C(C)CC[C@H](COCc3ccccc3)C(OC)C2)c1O. The van der Waals surface area contributed by atoms with Crippen molar-refractivity contribution in [2.24, 2.45) is 5.92 Å². The summed E-state index contributed by atoms with van der Waals surface area (Å²) in [6.07, 6.45) is 9.12. The summed E-state index contributed by atoms with van der Waals surface area (Å²) in [5.41, 5.74) is 4.06. The molecule has 1 N–H and O–H groups in total. The Balaban J connectivity index is 2.00. The van der Waals surface area contributed by atoms with Gasteiger partial charge >= 0.3 is 0 Å². The van der Waals surface area contributed by atoms with E-state index in [1.54, 1.807) is 6.08 Å². The number of aromatic hydroxyl groups is 1. The minimum atomic E-state index is -0.188. The number of unbranched alkanes of at least 4 members (excludes halogenated alkanes) is 1. The lowest BCUT2D eigenvalue weighted by Crippen LogP contribution is -2.43. The molecule has 204 valence electrons. The van der Waals surface area contributed by atoms with E-state index in [-0.39, 0.29) is 17.4 Å². The van der Waals surface area contributed by atoms with Crippen molar-refractivity contribution in [3.63, 3.8) is 0 Å². The highest BCUT2D eigenvalue weighted by Gasteiger charge is 2.41. The van der Waals surface area contributed by atoms with Gasteiger partial charge in [0.25, 0.3) is 0 Å². The molecule has 0 saturated carbocycles. The molecule has 0 bridgehead atoms. The molecule has 0 amide bonds. The maximum Gasteiger partial charge on any atom is 0.126 e. The quantitative estimate of drug-likeness (QED) is 0.361. The Kier molecular flexibility index (Phi) is 11.2. The number of benzene rings is 2. The van der Waals surface area contributed by atoms with Gasteiger partial charge in [-0.2, -0.15) is 0 Å². The molecule has 4 heteroatoms. The summed E-state index contributed by atoms with van der Waals surface area (Å²) in [6.45, 7) is 13.0. The normalized spacial score (nSPS) is 25.6. The van der Waals surface area contributed by atoms with Crippen molar-refractivity contribution >= 4 is 6.08 Å². The maximum atomic E-state index is 11.5. The van der Waals surface area contributed by atoms with E-state index in [9.17, 15) is 5.11 Å². The molecule has 1 saturated heterocycles. The number of hydrogen-bond donors (Lipinski definition) is 1. The Morgan fingerprint density at radius 1 is 1.16 bits per heavy atom. The van der Waals surface area contributed by atoms with Gasteiger partial charge in [0.1, 0.15) is 5.75 Å². The van der Waals surface area contributed by atoms with Crippen LogP contribution in [0, 0.1) is 12.8 Å². The van der Waals surface area contributed by atoms with Crippen LogP contribution in [0.4, 0.5) is 0 Å².